The van der Waals surface area contributed by atoms with E-state index in [0.29, 0.717) is 36.4 Å². The van der Waals surface area contributed by atoms with E-state index in [4.69, 9.17) is 0 Å². The number of nitrogens with one attached hydrogen (secondary N) is 1. The molecule has 1 aromatic rings. The first-order valence-corrected chi connectivity index (χ1v) is 8.88. The summed E-state index contributed by atoms with van der Waals surface area (Å²) in [6.07, 6.45) is 5.10. The lowest BCUT2D eigenvalue weighted by Crippen LogP contribution is -2.38. The largest absolute Gasteiger partial charge is 0.335 e. The zero-order chi connectivity index (χ0) is 16.2. The average Bonchev–Trinajstić information content (AvgIpc) is 3.39. The van der Waals surface area contributed by atoms with Gasteiger partial charge in [-0.15, -0.1) is 0 Å². The van der Waals surface area contributed by atoms with Crippen LogP contribution < -0.4 is 5.32 Å². The van der Waals surface area contributed by atoms with E-state index in [2.05, 4.69) is 12.2 Å². The molecule has 4 heteroatoms. The Morgan fingerprint density at radius 1 is 1.35 bits per heavy atom. The van der Waals surface area contributed by atoms with Crippen LogP contribution in [-0.4, -0.2) is 29.9 Å². The van der Waals surface area contributed by atoms with Gasteiger partial charge in [-0.2, -0.15) is 0 Å². The van der Waals surface area contributed by atoms with Crippen molar-refractivity contribution in [1.82, 2.24) is 10.2 Å². The highest BCUT2D eigenvalue weighted by molar-refractivity contribution is 5.77. The molecule has 3 rings (SSSR count). The lowest BCUT2D eigenvalue weighted by Gasteiger charge is -2.30. The smallest absolute Gasteiger partial charge is 0.223 e. The zero-order valence-corrected chi connectivity index (χ0v) is 13.9. The van der Waals surface area contributed by atoms with E-state index in [1.54, 1.807) is 12.1 Å². The van der Waals surface area contributed by atoms with Crippen LogP contribution >= 0.6 is 0 Å². The molecular weight excluding hydrogens is 291 g/mol. The number of benzene rings is 1. The molecule has 2 fully saturated rings. The number of piperidine rings is 1. The van der Waals surface area contributed by atoms with Gasteiger partial charge in [-0.1, -0.05) is 25.1 Å². The number of rotatable bonds is 6. The highest BCUT2D eigenvalue weighted by Crippen LogP contribution is 2.31. The SMILES string of the molecule is CC(CC(=O)N(Cc1ccccc1F)C1CC1)C1CCCNC1. The molecule has 1 N–H and O–H groups in total. The molecule has 3 nitrogen and oxygen atoms in total. The number of hydrogen-bond donors (Lipinski definition) is 1. The third kappa shape index (κ3) is 4.31. The van der Waals surface area contributed by atoms with Crippen LogP contribution in [0.2, 0.25) is 0 Å². The van der Waals surface area contributed by atoms with Crippen molar-refractivity contribution in [1.29, 1.82) is 0 Å². The molecule has 0 spiro atoms. The molecule has 1 aliphatic carbocycles. The maximum Gasteiger partial charge on any atom is 0.223 e. The van der Waals surface area contributed by atoms with Gasteiger partial charge in [0.1, 0.15) is 5.82 Å². The fourth-order valence-electron chi connectivity index (χ4n) is 3.54. The van der Waals surface area contributed by atoms with Gasteiger partial charge < -0.3 is 10.2 Å². The van der Waals surface area contributed by atoms with E-state index in [-0.39, 0.29) is 11.7 Å². The Morgan fingerprint density at radius 3 is 2.78 bits per heavy atom. The Labute approximate surface area is 138 Å². The predicted octanol–water partition coefficient (Wildman–Crippen LogP) is 3.34. The maximum atomic E-state index is 13.9. The van der Waals surface area contributed by atoms with Crippen LogP contribution in [0.3, 0.4) is 0 Å². The first-order chi connectivity index (χ1) is 11.1. The Bertz CT molecular complexity index is 538. The Balaban J connectivity index is 1.61. The Hall–Kier alpha value is -1.42. The summed E-state index contributed by atoms with van der Waals surface area (Å²) in [5, 5.41) is 3.43. The van der Waals surface area contributed by atoms with E-state index >= 15 is 0 Å². The minimum Gasteiger partial charge on any atom is -0.335 e. The van der Waals surface area contributed by atoms with Crippen molar-refractivity contribution < 1.29 is 9.18 Å². The monoisotopic (exact) mass is 318 g/mol. The number of carbonyl (C=O) groups excluding carboxylic acids is 1. The lowest BCUT2D eigenvalue weighted by atomic mass is 9.85. The summed E-state index contributed by atoms with van der Waals surface area (Å²) in [6.45, 7) is 4.71. The first-order valence-electron chi connectivity index (χ1n) is 8.88. The van der Waals surface area contributed by atoms with E-state index in [1.165, 1.54) is 18.9 Å². The van der Waals surface area contributed by atoms with Crippen molar-refractivity contribution in [3.8, 4) is 0 Å². The summed E-state index contributed by atoms with van der Waals surface area (Å²) in [6, 6.07) is 7.11. The molecule has 0 bridgehead atoms. The second-order valence-electron chi connectivity index (χ2n) is 7.13. The molecule has 2 unspecified atom stereocenters. The molecule has 0 aromatic heterocycles. The Kier molecular flexibility index (Phi) is 5.31. The second kappa shape index (κ2) is 7.43. The van der Waals surface area contributed by atoms with E-state index in [1.807, 2.05) is 11.0 Å². The average molecular weight is 318 g/mol. The van der Waals surface area contributed by atoms with Crippen LogP contribution in [0.25, 0.3) is 0 Å². The molecule has 1 saturated heterocycles. The van der Waals surface area contributed by atoms with Gasteiger partial charge >= 0.3 is 0 Å². The van der Waals surface area contributed by atoms with E-state index in [9.17, 15) is 9.18 Å². The number of carbonyl (C=O) groups is 1. The van der Waals surface area contributed by atoms with Crippen LogP contribution in [0.1, 0.15) is 44.6 Å². The molecule has 1 aromatic carbocycles. The van der Waals surface area contributed by atoms with Crippen LogP contribution in [-0.2, 0) is 11.3 Å². The minimum atomic E-state index is -0.213. The topological polar surface area (TPSA) is 32.3 Å². The minimum absolute atomic E-state index is 0.189. The van der Waals surface area contributed by atoms with E-state index in [0.717, 1.165) is 25.9 Å². The highest BCUT2D eigenvalue weighted by atomic mass is 19.1. The molecule has 1 saturated carbocycles. The molecule has 1 heterocycles. The van der Waals surface area contributed by atoms with Crippen molar-refractivity contribution in [3.05, 3.63) is 35.6 Å². The summed E-state index contributed by atoms with van der Waals surface area (Å²) in [5.41, 5.74) is 0.625. The van der Waals surface area contributed by atoms with Crippen LogP contribution in [0.15, 0.2) is 24.3 Å². The maximum absolute atomic E-state index is 13.9. The highest BCUT2D eigenvalue weighted by Gasteiger charge is 2.34. The summed E-state index contributed by atoms with van der Waals surface area (Å²) >= 11 is 0. The molecule has 2 aliphatic rings. The summed E-state index contributed by atoms with van der Waals surface area (Å²) in [4.78, 5) is 14.7. The number of halogens is 1. The standard InChI is InChI=1S/C19H27FN2O/c1-14(15-6-4-10-21-12-15)11-19(23)22(17-8-9-17)13-16-5-2-3-7-18(16)20/h2-3,5,7,14-15,17,21H,4,6,8-13H2,1H3. The van der Waals surface area contributed by atoms with Crippen LogP contribution in [0, 0.1) is 17.7 Å². The summed E-state index contributed by atoms with van der Waals surface area (Å²) < 4.78 is 13.9. The van der Waals surface area contributed by atoms with Gasteiger partial charge in [0.15, 0.2) is 0 Å². The molecular formula is C19H27FN2O. The number of hydrogen-bond acceptors (Lipinski definition) is 2. The number of amides is 1. The van der Waals surface area contributed by atoms with Gasteiger partial charge in [0, 0.05) is 24.6 Å². The van der Waals surface area contributed by atoms with Gasteiger partial charge in [0.2, 0.25) is 5.91 Å². The van der Waals surface area contributed by atoms with Gasteiger partial charge in [-0.05, 0) is 56.7 Å². The quantitative estimate of drug-likeness (QED) is 0.872. The normalized spacial score (nSPS) is 22.6. The fraction of sp³-hybridized carbons (Fsp3) is 0.632. The third-order valence-corrected chi connectivity index (χ3v) is 5.24. The van der Waals surface area contributed by atoms with Gasteiger partial charge in [0.25, 0.3) is 0 Å². The van der Waals surface area contributed by atoms with Crippen molar-refractivity contribution in [3.63, 3.8) is 0 Å². The predicted molar refractivity (Wildman–Crippen MR) is 89.3 cm³/mol. The zero-order valence-electron chi connectivity index (χ0n) is 13.9. The molecule has 2 atom stereocenters. The van der Waals surface area contributed by atoms with Crippen molar-refractivity contribution in [2.45, 2.75) is 51.6 Å². The molecule has 1 aliphatic heterocycles. The van der Waals surface area contributed by atoms with Crippen LogP contribution in [0.4, 0.5) is 4.39 Å². The van der Waals surface area contributed by atoms with E-state index < -0.39 is 0 Å². The number of nitrogens with zero attached hydrogens (tertiary/aromatic N) is 1. The molecule has 1 amide bonds. The summed E-state index contributed by atoms with van der Waals surface area (Å²) in [5.74, 6) is 0.948. The lowest BCUT2D eigenvalue weighted by molar-refractivity contribution is -0.133. The fourth-order valence-corrected chi connectivity index (χ4v) is 3.54. The molecule has 126 valence electrons. The third-order valence-electron chi connectivity index (χ3n) is 5.24. The Morgan fingerprint density at radius 2 is 2.13 bits per heavy atom. The van der Waals surface area contributed by atoms with Crippen molar-refractivity contribution in [2.75, 3.05) is 13.1 Å². The van der Waals surface area contributed by atoms with Crippen molar-refractivity contribution >= 4 is 5.91 Å². The molecule has 0 radical (unpaired) electrons. The van der Waals surface area contributed by atoms with Crippen molar-refractivity contribution in [2.24, 2.45) is 11.8 Å². The van der Waals surface area contributed by atoms with Gasteiger partial charge in [-0.3, -0.25) is 4.79 Å². The van der Waals surface area contributed by atoms with Gasteiger partial charge in [-0.25, -0.2) is 4.39 Å². The summed E-state index contributed by atoms with van der Waals surface area (Å²) in [7, 11) is 0. The van der Waals surface area contributed by atoms with Gasteiger partial charge in [0.05, 0.1) is 0 Å². The second-order valence-corrected chi connectivity index (χ2v) is 7.13. The first kappa shape index (κ1) is 16.4. The van der Waals surface area contributed by atoms with Crippen LogP contribution in [0.5, 0.6) is 0 Å². The molecule has 23 heavy (non-hydrogen) atoms.